The Balaban J connectivity index is 2.33. The van der Waals surface area contributed by atoms with Gasteiger partial charge in [-0.1, -0.05) is 38.1 Å². The number of hydrogen-bond donors (Lipinski definition) is 2. The number of halogens is 1. The van der Waals surface area contributed by atoms with Crippen molar-refractivity contribution >= 4 is 22.9 Å². The highest BCUT2D eigenvalue weighted by atomic mass is 127. The number of hydrogen-bond acceptors (Lipinski definition) is 2. The Kier molecular flexibility index (Phi) is 7.00. The van der Waals surface area contributed by atoms with Gasteiger partial charge in [-0.05, 0) is 30.0 Å². The Morgan fingerprint density at radius 1 is 1.12 bits per heavy atom. The quantitative estimate of drug-likeness (QED) is 0.593. The van der Waals surface area contributed by atoms with Gasteiger partial charge in [-0.15, -0.1) is 0 Å². The maximum atomic E-state index is 3.45. The topological polar surface area (TPSA) is 24.1 Å². The van der Waals surface area contributed by atoms with E-state index in [9.17, 15) is 0 Å². The van der Waals surface area contributed by atoms with Crippen LogP contribution in [-0.4, -0.2) is 13.1 Å². The van der Waals surface area contributed by atoms with Crippen LogP contribution < -0.4 is 8.85 Å². The van der Waals surface area contributed by atoms with Gasteiger partial charge in [0.05, 0.1) is 0 Å². The summed E-state index contributed by atoms with van der Waals surface area (Å²) in [5.74, 6) is 0.717. The Morgan fingerprint density at radius 2 is 1.75 bits per heavy atom. The smallest absolute Gasteiger partial charge is 0.0205 e. The van der Waals surface area contributed by atoms with Crippen LogP contribution in [0, 0.1) is 5.92 Å². The fourth-order valence-corrected chi connectivity index (χ4v) is 1.79. The first-order valence-corrected chi connectivity index (χ1v) is 6.92. The van der Waals surface area contributed by atoms with Gasteiger partial charge in [0.1, 0.15) is 0 Å². The molecule has 90 valence electrons. The molecule has 2 N–H and O–H groups in total. The fourth-order valence-electron chi connectivity index (χ4n) is 1.52. The van der Waals surface area contributed by atoms with E-state index in [0.717, 1.165) is 26.1 Å². The molecule has 0 spiro atoms. The highest BCUT2D eigenvalue weighted by Gasteiger charge is 1.96. The van der Waals surface area contributed by atoms with Crippen LogP contribution >= 0.6 is 22.9 Å². The Hall–Kier alpha value is -0.130. The first-order valence-electron chi connectivity index (χ1n) is 5.84. The van der Waals surface area contributed by atoms with Gasteiger partial charge in [-0.2, -0.15) is 0 Å². The van der Waals surface area contributed by atoms with Crippen molar-refractivity contribution in [2.24, 2.45) is 5.92 Å². The summed E-state index contributed by atoms with van der Waals surface area (Å²) in [6, 6.07) is 8.88. The van der Waals surface area contributed by atoms with Crippen molar-refractivity contribution < 1.29 is 0 Å². The lowest BCUT2D eigenvalue weighted by Gasteiger charge is -2.08. The molecule has 0 fully saturated rings. The van der Waals surface area contributed by atoms with Gasteiger partial charge in [-0.25, -0.2) is 0 Å². The van der Waals surface area contributed by atoms with Gasteiger partial charge in [0.2, 0.25) is 0 Å². The molecule has 0 atom stereocenters. The summed E-state index contributed by atoms with van der Waals surface area (Å²) in [7, 11) is 0. The monoisotopic (exact) mass is 332 g/mol. The molecule has 0 bridgehead atoms. The molecule has 0 saturated carbocycles. The van der Waals surface area contributed by atoms with Crippen LogP contribution in [0.15, 0.2) is 24.3 Å². The third-order valence-corrected chi connectivity index (χ3v) is 2.95. The van der Waals surface area contributed by atoms with Crippen LogP contribution in [0.25, 0.3) is 0 Å². The number of rotatable bonds is 7. The largest absolute Gasteiger partial charge is 0.312 e. The summed E-state index contributed by atoms with van der Waals surface area (Å²) in [6.45, 7) is 7.55. The van der Waals surface area contributed by atoms with Crippen LogP contribution in [-0.2, 0) is 13.0 Å². The minimum absolute atomic E-state index is 0.717. The van der Waals surface area contributed by atoms with Crippen molar-refractivity contribution in [1.29, 1.82) is 0 Å². The molecule has 0 aliphatic carbocycles. The molecule has 3 heteroatoms. The molecule has 0 amide bonds. The lowest BCUT2D eigenvalue weighted by Crippen LogP contribution is -2.18. The third-order valence-electron chi connectivity index (χ3n) is 2.41. The van der Waals surface area contributed by atoms with E-state index in [-0.39, 0.29) is 0 Å². The second-order valence-electron chi connectivity index (χ2n) is 4.47. The molecule has 0 saturated heterocycles. The number of nitrogens with one attached hydrogen (secondary N) is 2. The molecule has 16 heavy (non-hydrogen) atoms. The zero-order chi connectivity index (χ0) is 11.8. The molecular weight excluding hydrogens is 311 g/mol. The Labute approximate surface area is 113 Å². The predicted molar refractivity (Wildman–Crippen MR) is 78.7 cm³/mol. The fraction of sp³-hybridized carbons (Fsp3) is 0.538. The molecule has 2 nitrogen and oxygen atoms in total. The van der Waals surface area contributed by atoms with Crippen LogP contribution in [0.1, 0.15) is 25.0 Å². The summed E-state index contributed by atoms with van der Waals surface area (Å²) >= 11 is 2.19. The van der Waals surface area contributed by atoms with Crippen LogP contribution in [0.4, 0.5) is 0 Å². The minimum atomic E-state index is 0.717. The van der Waals surface area contributed by atoms with Gasteiger partial charge >= 0.3 is 0 Å². The van der Waals surface area contributed by atoms with E-state index in [4.69, 9.17) is 0 Å². The standard InChI is InChI=1S/C13H21IN2/c1-11(2)9-15-10-13-5-3-12(4-6-13)7-8-16-14/h3-6,11,15-16H,7-10H2,1-2H3. The SMILES string of the molecule is CC(C)CNCc1ccc(CCNI)cc1. The van der Waals surface area contributed by atoms with Crippen LogP contribution in [0.2, 0.25) is 0 Å². The third kappa shape index (κ3) is 5.82. The van der Waals surface area contributed by atoms with Gasteiger partial charge in [0.15, 0.2) is 0 Å². The summed E-state index contributed by atoms with van der Waals surface area (Å²) in [5.41, 5.74) is 2.77. The Morgan fingerprint density at radius 3 is 2.31 bits per heavy atom. The minimum Gasteiger partial charge on any atom is -0.312 e. The normalized spacial score (nSPS) is 11.0. The molecule has 0 aromatic heterocycles. The zero-order valence-corrected chi connectivity index (χ0v) is 12.3. The molecule has 0 aliphatic rings. The van der Waals surface area contributed by atoms with E-state index < -0.39 is 0 Å². The molecule has 1 aromatic carbocycles. The van der Waals surface area contributed by atoms with Gasteiger partial charge in [0.25, 0.3) is 0 Å². The first-order chi connectivity index (χ1) is 7.72. The molecule has 0 radical (unpaired) electrons. The first kappa shape index (κ1) is 13.9. The van der Waals surface area contributed by atoms with Gasteiger partial charge < -0.3 is 5.32 Å². The van der Waals surface area contributed by atoms with Gasteiger partial charge in [-0.3, -0.25) is 3.53 Å². The van der Waals surface area contributed by atoms with E-state index in [2.05, 4.69) is 69.8 Å². The highest BCUT2D eigenvalue weighted by molar-refractivity contribution is 14.1. The second-order valence-corrected chi connectivity index (χ2v) is 5.24. The summed E-state index contributed by atoms with van der Waals surface area (Å²) in [4.78, 5) is 0. The van der Waals surface area contributed by atoms with Crippen molar-refractivity contribution in [3.63, 3.8) is 0 Å². The maximum absolute atomic E-state index is 3.45. The van der Waals surface area contributed by atoms with E-state index in [0.29, 0.717) is 5.92 Å². The van der Waals surface area contributed by atoms with Crippen LogP contribution in [0.3, 0.4) is 0 Å². The van der Waals surface area contributed by atoms with Crippen molar-refractivity contribution in [2.45, 2.75) is 26.8 Å². The van der Waals surface area contributed by atoms with E-state index in [1.54, 1.807) is 0 Å². The lowest BCUT2D eigenvalue weighted by atomic mass is 10.1. The summed E-state index contributed by atoms with van der Waals surface area (Å²) in [6.07, 6.45) is 1.10. The van der Waals surface area contributed by atoms with Gasteiger partial charge in [0, 0.05) is 36.0 Å². The zero-order valence-electron chi connectivity index (χ0n) is 10.1. The van der Waals surface area contributed by atoms with Crippen molar-refractivity contribution in [3.05, 3.63) is 35.4 Å². The molecule has 1 aromatic rings. The molecule has 0 heterocycles. The summed E-state index contributed by atoms with van der Waals surface area (Å²) in [5, 5.41) is 3.45. The highest BCUT2D eigenvalue weighted by Crippen LogP contribution is 2.05. The van der Waals surface area contributed by atoms with E-state index in [1.165, 1.54) is 11.1 Å². The predicted octanol–water partition coefficient (Wildman–Crippen LogP) is 2.91. The van der Waals surface area contributed by atoms with Crippen molar-refractivity contribution in [3.8, 4) is 0 Å². The van der Waals surface area contributed by atoms with Crippen molar-refractivity contribution in [1.82, 2.24) is 8.85 Å². The molecule has 0 aliphatic heterocycles. The summed E-state index contributed by atoms with van der Waals surface area (Å²) < 4.78 is 3.14. The Bertz CT molecular complexity index is 282. The van der Waals surface area contributed by atoms with Crippen LogP contribution in [0.5, 0.6) is 0 Å². The lowest BCUT2D eigenvalue weighted by molar-refractivity contribution is 0.552. The molecular formula is C13H21IN2. The van der Waals surface area contributed by atoms with E-state index >= 15 is 0 Å². The maximum Gasteiger partial charge on any atom is 0.0205 e. The number of benzene rings is 1. The second kappa shape index (κ2) is 8.03. The molecule has 0 unspecified atom stereocenters. The molecule has 1 rings (SSSR count). The van der Waals surface area contributed by atoms with E-state index in [1.807, 2.05) is 0 Å². The average molecular weight is 332 g/mol. The average Bonchev–Trinajstić information content (AvgIpc) is 2.27. The van der Waals surface area contributed by atoms with Crippen molar-refractivity contribution in [2.75, 3.05) is 13.1 Å².